The monoisotopic (exact) mass is 270 g/mol. The van der Waals surface area contributed by atoms with Gasteiger partial charge < -0.3 is 15.4 Å². The fourth-order valence-corrected chi connectivity index (χ4v) is 3.08. The maximum absolute atomic E-state index is 12.6. The Hall–Kier alpha value is -0.680. The molecule has 2 aliphatic rings. The fraction of sp³-hybridized carbons (Fsp3) is 0.846. The third-order valence-electron chi connectivity index (χ3n) is 3.88. The molecule has 0 bridgehead atoms. The van der Waals surface area contributed by atoms with Crippen LogP contribution in [0.2, 0.25) is 0 Å². The molecule has 2 fully saturated rings. The zero-order valence-corrected chi connectivity index (χ0v) is 11.6. The summed E-state index contributed by atoms with van der Waals surface area (Å²) in [4.78, 5) is 14.9. The van der Waals surface area contributed by atoms with Crippen molar-refractivity contribution >= 4 is 23.1 Å². The lowest BCUT2D eigenvalue weighted by molar-refractivity contribution is -0.141. The average Bonchev–Trinajstić information content (AvgIpc) is 2.89. The van der Waals surface area contributed by atoms with Crippen molar-refractivity contribution in [2.75, 3.05) is 19.8 Å². The van der Waals surface area contributed by atoms with E-state index in [0.717, 1.165) is 32.3 Å². The standard InChI is InChI=1S/C13H22N2O2S/c14-12(18)8-15(11-5-1-2-6-11)13(16)10-4-3-7-17-9-10/h10-11H,1-9H2,(H2,14,18). The summed E-state index contributed by atoms with van der Waals surface area (Å²) in [5.74, 6) is 0.197. The summed E-state index contributed by atoms with van der Waals surface area (Å²) >= 11 is 4.98. The van der Waals surface area contributed by atoms with Crippen molar-refractivity contribution < 1.29 is 9.53 Å². The van der Waals surface area contributed by atoms with E-state index in [4.69, 9.17) is 22.7 Å². The number of nitrogens with two attached hydrogens (primary N) is 1. The molecule has 2 N–H and O–H groups in total. The van der Waals surface area contributed by atoms with E-state index < -0.39 is 0 Å². The molecule has 1 aliphatic carbocycles. The van der Waals surface area contributed by atoms with Crippen LogP contribution in [0, 0.1) is 5.92 Å². The van der Waals surface area contributed by atoms with Gasteiger partial charge in [-0.15, -0.1) is 0 Å². The lowest BCUT2D eigenvalue weighted by atomic mass is 9.99. The summed E-state index contributed by atoms with van der Waals surface area (Å²) < 4.78 is 5.41. The summed E-state index contributed by atoms with van der Waals surface area (Å²) in [6.45, 7) is 1.76. The van der Waals surface area contributed by atoms with Gasteiger partial charge in [0.15, 0.2) is 0 Å². The molecule has 1 saturated heterocycles. The van der Waals surface area contributed by atoms with Crippen LogP contribution >= 0.6 is 12.2 Å². The molecule has 1 saturated carbocycles. The Balaban J connectivity index is 2.01. The summed E-state index contributed by atoms with van der Waals surface area (Å²) in [5.41, 5.74) is 5.63. The SMILES string of the molecule is NC(=S)CN(C(=O)C1CCCOC1)C1CCCC1. The molecule has 4 nitrogen and oxygen atoms in total. The highest BCUT2D eigenvalue weighted by atomic mass is 32.1. The molecule has 102 valence electrons. The summed E-state index contributed by atoms with van der Waals surface area (Å²) in [5, 5.41) is 0. The van der Waals surface area contributed by atoms with Gasteiger partial charge in [-0.25, -0.2) is 0 Å². The van der Waals surface area contributed by atoms with Gasteiger partial charge in [0.05, 0.1) is 24.1 Å². The first kappa shape index (κ1) is 13.7. The molecular weight excluding hydrogens is 248 g/mol. The zero-order chi connectivity index (χ0) is 13.0. The van der Waals surface area contributed by atoms with E-state index in [1.165, 1.54) is 12.8 Å². The van der Waals surface area contributed by atoms with Crippen LogP contribution in [0.25, 0.3) is 0 Å². The zero-order valence-electron chi connectivity index (χ0n) is 10.8. The number of thiocarbonyl (C=S) groups is 1. The highest BCUT2D eigenvalue weighted by molar-refractivity contribution is 7.80. The van der Waals surface area contributed by atoms with Crippen molar-refractivity contribution in [3.8, 4) is 0 Å². The Labute approximate surface area is 114 Å². The fourth-order valence-electron chi connectivity index (χ4n) is 2.94. The molecule has 1 heterocycles. The van der Waals surface area contributed by atoms with Crippen molar-refractivity contribution in [2.24, 2.45) is 11.7 Å². The molecule has 5 heteroatoms. The highest BCUT2D eigenvalue weighted by Gasteiger charge is 2.32. The van der Waals surface area contributed by atoms with E-state index in [0.29, 0.717) is 24.2 Å². The minimum absolute atomic E-state index is 0.00806. The number of hydrogen-bond acceptors (Lipinski definition) is 3. The molecule has 0 aromatic rings. The van der Waals surface area contributed by atoms with Crippen molar-refractivity contribution in [3.05, 3.63) is 0 Å². The van der Waals surface area contributed by atoms with Gasteiger partial charge >= 0.3 is 0 Å². The van der Waals surface area contributed by atoms with Gasteiger partial charge in [-0.05, 0) is 25.7 Å². The number of carbonyl (C=O) groups is 1. The maximum Gasteiger partial charge on any atom is 0.228 e. The van der Waals surface area contributed by atoms with Crippen LogP contribution in [0.1, 0.15) is 38.5 Å². The summed E-state index contributed by atoms with van der Waals surface area (Å²) in [6.07, 6.45) is 6.48. The molecular formula is C13H22N2O2S. The lowest BCUT2D eigenvalue weighted by Gasteiger charge is -2.33. The van der Waals surface area contributed by atoms with E-state index in [2.05, 4.69) is 0 Å². The van der Waals surface area contributed by atoms with E-state index >= 15 is 0 Å². The predicted molar refractivity (Wildman–Crippen MR) is 74.3 cm³/mol. The molecule has 1 unspecified atom stereocenters. The van der Waals surface area contributed by atoms with Crippen molar-refractivity contribution in [1.29, 1.82) is 0 Å². The summed E-state index contributed by atoms with van der Waals surface area (Å²) in [6, 6.07) is 0.334. The van der Waals surface area contributed by atoms with E-state index in [-0.39, 0.29) is 11.8 Å². The third-order valence-corrected chi connectivity index (χ3v) is 4.01. The van der Waals surface area contributed by atoms with Gasteiger partial charge in [0, 0.05) is 12.6 Å². The van der Waals surface area contributed by atoms with Crippen LogP contribution in [0.5, 0.6) is 0 Å². The van der Waals surface area contributed by atoms with Gasteiger partial charge in [-0.1, -0.05) is 25.1 Å². The molecule has 0 aromatic heterocycles. The molecule has 1 amide bonds. The first-order valence-corrected chi connectivity index (χ1v) is 7.26. The number of amides is 1. The Morgan fingerprint density at radius 1 is 1.28 bits per heavy atom. The molecule has 18 heavy (non-hydrogen) atoms. The Morgan fingerprint density at radius 3 is 2.56 bits per heavy atom. The molecule has 2 rings (SSSR count). The third kappa shape index (κ3) is 3.42. The second kappa shape index (κ2) is 6.48. The smallest absolute Gasteiger partial charge is 0.228 e. The van der Waals surface area contributed by atoms with Gasteiger partial charge in [0.1, 0.15) is 0 Å². The Kier molecular flexibility index (Phi) is 4.95. The van der Waals surface area contributed by atoms with Crippen molar-refractivity contribution in [1.82, 2.24) is 4.90 Å². The number of hydrogen-bond donors (Lipinski definition) is 1. The minimum Gasteiger partial charge on any atom is -0.392 e. The van der Waals surface area contributed by atoms with Crippen LogP contribution in [-0.4, -0.2) is 41.6 Å². The minimum atomic E-state index is 0.00806. The van der Waals surface area contributed by atoms with Crippen molar-refractivity contribution in [3.63, 3.8) is 0 Å². The highest BCUT2D eigenvalue weighted by Crippen LogP contribution is 2.26. The number of ether oxygens (including phenoxy) is 1. The first-order chi connectivity index (χ1) is 8.68. The van der Waals surface area contributed by atoms with Crippen LogP contribution in [-0.2, 0) is 9.53 Å². The van der Waals surface area contributed by atoms with E-state index in [1.54, 1.807) is 0 Å². The molecule has 1 aliphatic heterocycles. The average molecular weight is 270 g/mol. The maximum atomic E-state index is 12.6. The van der Waals surface area contributed by atoms with Gasteiger partial charge in [0.25, 0.3) is 0 Å². The second-order valence-corrected chi connectivity index (χ2v) is 5.81. The van der Waals surface area contributed by atoms with E-state index in [9.17, 15) is 4.79 Å². The second-order valence-electron chi connectivity index (χ2n) is 5.28. The molecule has 0 aromatic carbocycles. The normalized spacial score (nSPS) is 25.0. The van der Waals surface area contributed by atoms with Gasteiger partial charge in [0.2, 0.25) is 5.91 Å². The van der Waals surface area contributed by atoms with Gasteiger partial charge in [-0.2, -0.15) is 0 Å². The quantitative estimate of drug-likeness (QED) is 0.786. The van der Waals surface area contributed by atoms with Crippen LogP contribution in [0.4, 0.5) is 0 Å². The predicted octanol–water partition coefficient (Wildman–Crippen LogP) is 1.47. The van der Waals surface area contributed by atoms with Crippen LogP contribution in [0.15, 0.2) is 0 Å². The van der Waals surface area contributed by atoms with Crippen LogP contribution in [0.3, 0.4) is 0 Å². The topological polar surface area (TPSA) is 55.6 Å². The summed E-state index contributed by atoms with van der Waals surface area (Å²) in [7, 11) is 0. The number of nitrogens with zero attached hydrogens (tertiary/aromatic N) is 1. The number of rotatable bonds is 4. The first-order valence-electron chi connectivity index (χ1n) is 6.85. The largest absolute Gasteiger partial charge is 0.392 e. The lowest BCUT2D eigenvalue weighted by Crippen LogP contribution is -2.47. The van der Waals surface area contributed by atoms with E-state index in [1.807, 2.05) is 4.90 Å². The molecule has 0 spiro atoms. The number of carbonyl (C=O) groups excluding carboxylic acids is 1. The molecule has 1 atom stereocenters. The Morgan fingerprint density at radius 2 is 2.00 bits per heavy atom. The van der Waals surface area contributed by atoms with Crippen LogP contribution < -0.4 is 5.73 Å². The van der Waals surface area contributed by atoms with Gasteiger partial charge in [-0.3, -0.25) is 4.79 Å². The Bertz CT molecular complexity index is 310. The van der Waals surface area contributed by atoms with Crippen molar-refractivity contribution in [2.45, 2.75) is 44.6 Å². The molecule has 0 radical (unpaired) electrons.